The van der Waals surface area contributed by atoms with Gasteiger partial charge in [-0.15, -0.1) is 0 Å². The first-order valence-electron chi connectivity index (χ1n) is 6.57. The molecule has 1 aliphatic rings. The molecule has 4 heteroatoms. The first-order valence-corrected chi connectivity index (χ1v) is 6.95. The van der Waals surface area contributed by atoms with Crippen LogP contribution < -0.4 is 10.6 Å². The molecule has 0 spiro atoms. The van der Waals surface area contributed by atoms with Crippen molar-refractivity contribution in [2.75, 3.05) is 0 Å². The predicted octanol–water partition coefficient (Wildman–Crippen LogP) is 2.87. The average molecular weight is 287 g/mol. The summed E-state index contributed by atoms with van der Waals surface area (Å²) in [5.41, 5.74) is 4.23. The van der Waals surface area contributed by atoms with E-state index < -0.39 is 0 Å². The van der Waals surface area contributed by atoms with Crippen LogP contribution in [-0.4, -0.2) is 5.91 Å². The van der Waals surface area contributed by atoms with Gasteiger partial charge in [0.15, 0.2) is 0 Å². The number of halogens is 1. The van der Waals surface area contributed by atoms with Crippen molar-refractivity contribution in [1.29, 1.82) is 0 Å². The van der Waals surface area contributed by atoms with Crippen LogP contribution >= 0.6 is 11.6 Å². The Hall–Kier alpha value is -1.84. The van der Waals surface area contributed by atoms with Gasteiger partial charge in [0.2, 0.25) is 0 Å². The number of fused-ring (bicyclic) bond motifs is 1. The summed E-state index contributed by atoms with van der Waals surface area (Å²) in [6, 6.07) is 13.3. The molecule has 102 valence electrons. The van der Waals surface area contributed by atoms with Crippen molar-refractivity contribution in [2.45, 2.75) is 19.6 Å². The molecular formula is C16H15ClN2O. The van der Waals surface area contributed by atoms with Gasteiger partial charge in [0.1, 0.15) is 0 Å². The summed E-state index contributed by atoms with van der Waals surface area (Å²) in [5, 5.41) is 6.90. The smallest absolute Gasteiger partial charge is 0.251 e. The van der Waals surface area contributed by atoms with Crippen LogP contribution in [0.3, 0.4) is 0 Å². The molecule has 0 saturated heterocycles. The third kappa shape index (κ3) is 2.84. The van der Waals surface area contributed by atoms with E-state index in [0.29, 0.717) is 17.1 Å². The SMILES string of the molecule is O=C(NCc1ccc(Cl)cc1)c1ccc2c(c1)CNC2. The molecule has 0 fully saturated rings. The van der Waals surface area contributed by atoms with Crippen molar-refractivity contribution in [3.8, 4) is 0 Å². The Morgan fingerprint density at radius 2 is 1.85 bits per heavy atom. The third-order valence-corrected chi connectivity index (χ3v) is 3.72. The number of nitrogens with one attached hydrogen (secondary N) is 2. The van der Waals surface area contributed by atoms with Crippen LogP contribution in [0.4, 0.5) is 0 Å². The summed E-state index contributed by atoms with van der Waals surface area (Å²) >= 11 is 5.83. The molecule has 0 atom stereocenters. The standard InChI is InChI=1S/C16H15ClN2O/c17-15-5-1-11(2-6-15)8-19-16(20)12-3-4-13-9-18-10-14(13)7-12/h1-7,18H,8-10H2,(H,19,20). The summed E-state index contributed by atoms with van der Waals surface area (Å²) in [5.74, 6) is -0.0466. The molecule has 1 heterocycles. The van der Waals surface area contributed by atoms with Crippen molar-refractivity contribution in [1.82, 2.24) is 10.6 Å². The number of hydrogen-bond donors (Lipinski definition) is 2. The van der Waals surface area contributed by atoms with Crippen molar-refractivity contribution < 1.29 is 4.79 Å². The second kappa shape index (κ2) is 5.65. The maximum atomic E-state index is 12.1. The number of carbonyl (C=O) groups excluding carboxylic acids is 1. The first-order chi connectivity index (χ1) is 9.72. The van der Waals surface area contributed by atoms with Crippen LogP contribution in [0, 0.1) is 0 Å². The topological polar surface area (TPSA) is 41.1 Å². The van der Waals surface area contributed by atoms with Gasteiger partial charge in [-0.05, 0) is 41.0 Å². The summed E-state index contributed by atoms with van der Waals surface area (Å²) in [7, 11) is 0. The Morgan fingerprint density at radius 3 is 2.65 bits per heavy atom. The molecule has 1 amide bonds. The molecule has 0 bridgehead atoms. The summed E-state index contributed by atoms with van der Waals surface area (Å²) in [4.78, 5) is 12.1. The Kier molecular flexibility index (Phi) is 3.72. The minimum Gasteiger partial charge on any atom is -0.348 e. The van der Waals surface area contributed by atoms with Crippen LogP contribution in [0.2, 0.25) is 5.02 Å². The Bertz CT molecular complexity index is 637. The van der Waals surface area contributed by atoms with Gasteiger partial charge in [-0.3, -0.25) is 4.79 Å². The van der Waals surface area contributed by atoms with E-state index in [1.54, 1.807) is 0 Å². The highest BCUT2D eigenvalue weighted by molar-refractivity contribution is 6.30. The van der Waals surface area contributed by atoms with Crippen LogP contribution in [-0.2, 0) is 19.6 Å². The van der Waals surface area contributed by atoms with Crippen molar-refractivity contribution in [2.24, 2.45) is 0 Å². The van der Waals surface area contributed by atoms with Crippen LogP contribution in [0.15, 0.2) is 42.5 Å². The number of amides is 1. The average Bonchev–Trinajstić information content (AvgIpc) is 2.93. The minimum atomic E-state index is -0.0466. The summed E-state index contributed by atoms with van der Waals surface area (Å²) < 4.78 is 0. The largest absolute Gasteiger partial charge is 0.348 e. The zero-order chi connectivity index (χ0) is 13.9. The highest BCUT2D eigenvalue weighted by atomic mass is 35.5. The van der Waals surface area contributed by atoms with E-state index >= 15 is 0 Å². The highest BCUT2D eigenvalue weighted by Gasteiger charge is 2.13. The van der Waals surface area contributed by atoms with Crippen molar-refractivity contribution in [3.63, 3.8) is 0 Å². The molecule has 2 aromatic carbocycles. The lowest BCUT2D eigenvalue weighted by Gasteiger charge is -2.07. The van der Waals surface area contributed by atoms with Gasteiger partial charge in [-0.2, -0.15) is 0 Å². The van der Waals surface area contributed by atoms with Gasteiger partial charge >= 0.3 is 0 Å². The molecule has 0 aromatic heterocycles. The van der Waals surface area contributed by atoms with E-state index in [9.17, 15) is 4.79 Å². The second-order valence-electron chi connectivity index (χ2n) is 4.90. The Balaban J connectivity index is 1.66. The third-order valence-electron chi connectivity index (χ3n) is 3.47. The molecule has 2 aromatic rings. The van der Waals surface area contributed by atoms with Crippen molar-refractivity contribution >= 4 is 17.5 Å². The zero-order valence-corrected chi connectivity index (χ0v) is 11.7. The molecule has 0 aliphatic carbocycles. The fourth-order valence-electron chi connectivity index (χ4n) is 2.32. The van der Waals surface area contributed by atoms with Crippen LogP contribution in [0.25, 0.3) is 0 Å². The molecule has 2 N–H and O–H groups in total. The fourth-order valence-corrected chi connectivity index (χ4v) is 2.45. The molecule has 3 rings (SSSR count). The maximum absolute atomic E-state index is 12.1. The summed E-state index contributed by atoms with van der Waals surface area (Å²) in [6.07, 6.45) is 0. The Morgan fingerprint density at radius 1 is 1.10 bits per heavy atom. The lowest BCUT2D eigenvalue weighted by atomic mass is 10.1. The minimum absolute atomic E-state index is 0.0466. The van der Waals surface area contributed by atoms with Gasteiger partial charge in [-0.25, -0.2) is 0 Å². The van der Waals surface area contributed by atoms with Gasteiger partial charge in [0.25, 0.3) is 5.91 Å². The molecule has 20 heavy (non-hydrogen) atoms. The molecular weight excluding hydrogens is 272 g/mol. The number of hydrogen-bond acceptors (Lipinski definition) is 2. The number of benzene rings is 2. The van der Waals surface area contributed by atoms with E-state index in [2.05, 4.69) is 10.6 Å². The van der Waals surface area contributed by atoms with Gasteiger partial charge in [0.05, 0.1) is 0 Å². The first kappa shape index (κ1) is 13.2. The van der Waals surface area contributed by atoms with Gasteiger partial charge in [0, 0.05) is 30.2 Å². The van der Waals surface area contributed by atoms with E-state index in [4.69, 9.17) is 11.6 Å². The monoisotopic (exact) mass is 286 g/mol. The van der Waals surface area contributed by atoms with E-state index in [1.807, 2.05) is 42.5 Å². The maximum Gasteiger partial charge on any atom is 0.251 e. The van der Waals surface area contributed by atoms with E-state index in [-0.39, 0.29) is 5.91 Å². The quantitative estimate of drug-likeness (QED) is 0.911. The second-order valence-corrected chi connectivity index (χ2v) is 5.33. The van der Waals surface area contributed by atoms with Crippen LogP contribution in [0.1, 0.15) is 27.0 Å². The lowest BCUT2D eigenvalue weighted by molar-refractivity contribution is 0.0951. The predicted molar refractivity (Wildman–Crippen MR) is 79.6 cm³/mol. The number of rotatable bonds is 3. The highest BCUT2D eigenvalue weighted by Crippen LogP contribution is 2.17. The molecule has 0 radical (unpaired) electrons. The molecule has 1 aliphatic heterocycles. The van der Waals surface area contributed by atoms with Crippen LogP contribution in [0.5, 0.6) is 0 Å². The van der Waals surface area contributed by atoms with Gasteiger partial charge < -0.3 is 10.6 Å². The fraction of sp³-hybridized carbons (Fsp3) is 0.188. The molecule has 0 saturated carbocycles. The molecule has 3 nitrogen and oxygen atoms in total. The van der Waals surface area contributed by atoms with E-state index in [1.165, 1.54) is 11.1 Å². The zero-order valence-electron chi connectivity index (χ0n) is 10.9. The normalized spacial score (nSPS) is 13.1. The van der Waals surface area contributed by atoms with Gasteiger partial charge in [-0.1, -0.05) is 29.8 Å². The molecule has 0 unspecified atom stereocenters. The summed E-state index contributed by atoms with van der Waals surface area (Å²) in [6.45, 7) is 2.24. The lowest BCUT2D eigenvalue weighted by Crippen LogP contribution is -2.22. The Labute approximate surface area is 123 Å². The number of carbonyl (C=O) groups is 1. The van der Waals surface area contributed by atoms with E-state index in [0.717, 1.165) is 18.7 Å². The van der Waals surface area contributed by atoms with Crippen molar-refractivity contribution in [3.05, 3.63) is 69.7 Å².